The van der Waals surface area contributed by atoms with Crippen molar-refractivity contribution in [1.82, 2.24) is 5.32 Å². The van der Waals surface area contributed by atoms with Gasteiger partial charge in [-0.3, -0.25) is 0 Å². The molecule has 1 N–H and O–H groups in total. The highest BCUT2D eigenvalue weighted by molar-refractivity contribution is 5.85. The minimum atomic E-state index is 0. The second-order valence-electron chi connectivity index (χ2n) is 6.66. The van der Waals surface area contributed by atoms with Crippen molar-refractivity contribution < 1.29 is 9.47 Å². The monoisotopic (exact) mass is 397 g/mol. The number of aryl methyl sites for hydroxylation is 1. The van der Waals surface area contributed by atoms with Crippen LogP contribution in [0.1, 0.15) is 22.3 Å². The summed E-state index contributed by atoms with van der Waals surface area (Å²) >= 11 is 0. The van der Waals surface area contributed by atoms with Crippen LogP contribution in [0.4, 0.5) is 0 Å². The van der Waals surface area contributed by atoms with Crippen LogP contribution < -0.4 is 14.8 Å². The Bertz CT molecular complexity index is 849. The number of para-hydroxylation sites is 1. The number of ether oxygens (including phenoxy) is 2. The van der Waals surface area contributed by atoms with Crippen molar-refractivity contribution in [2.45, 2.75) is 26.5 Å². The lowest BCUT2D eigenvalue weighted by Crippen LogP contribution is -2.17. The van der Waals surface area contributed by atoms with E-state index in [1.165, 1.54) is 22.3 Å². The lowest BCUT2D eigenvalue weighted by molar-refractivity contribution is 0.306. The summed E-state index contributed by atoms with van der Waals surface area (Å²) < 4.78 is 11.3. The standard InChI is InChI=1S/C24H27NO2.ClH/c1-19-10-12-20(13-11-19)18-27-23-8-5-6-21(16-23)17-25-15-14-22-7-3-4-9-24(22)26-2;/h3-13,16,25H,14-15,17-18H2,1-2H3;1H. The summed E-state index contributed by atoms with van der Waals surface area (Å²) in [5.41, 5.74) is 4.89. The van der Waals surface area contributed by atoms with Crippen LogP contribution in [0.3, 0.4) is 0 Å². The average Bonchev–Trinajstić information content (AvgIpc) is 2.71. The van der Waals surface area contributed by atoms with E-state index in [0.29, 0.717) is 6.61 Å². The van der Waals surface area contributed by atoms with E-state index in [9.17, 15) is 0 Å². The first kappa shape index (κ1) is 21.8. The average molecular weight is 398 g/mol. The summed E-state index contributed by atoms with van der Waals surface area (Å²) in [6.07, 6.45) is 0.938. The highest BCUT2D eigenvalue weighted by atomic mass is 35.5. The van der Waals surface area contributed by atoms with Crippen molar-refractivity contribution in [2.24, 2.45) is 0 Å². The van der Waals surface area contributed by atoms with Crippen molar-refractivity contribution >= 4 is 12.4 Å². The second kappa shape index (κ2) is 11.4. The van der Waals surface area contributed by atoms with Crippen LogP contribution in [0.2, 0.25) is 0 Å². The van der Waals surface area contributed by atoms with E-state index >= 15 is 0 Å². The molecule has 0 aliphatic heterocycles. The fraction of sp³-hybridized carbons (Fsp3) is 0.250. The van der Waals surface area contributed by atoms with Gasteiger partial charge in [-0.05, 0) is 54.8 Å². The third kappa shape index (κ3) is 6.59. The van der Waals surface area contributed by atoms with Crippen molar-refractivity contribution in [3.8, 4) is 11.5 Å². The summed E-state index contributed by atoms with van der Waals surface area (Å²) in [7, 11) is 1.72. The Kier molecular flexibility index (Phi) is 8.86. The SMILES string of the molecule is COc1ccccc1CCNCc1cccc(OCc2ccc(C)cc2)c1.Cl. The van der Waals surface area contributed by atoms with Crippen LogP contribution in [0.15, 0.2) is 72.8 Å². The van der Waals surface area contributed by atoms with E-state index in [2.05, 4.69) is 54.7 Å². The summed E-state index contributed by atoms with van der Waals surface area (Å²) in [5, 5.41) is 3.50. The largest absolute Gasteiger partial charge is 0.496 e. The fourth-order valence-corrected chi connectivity index (χ4v) is 2.96. The van der Waals surface area contributed by atoms with Gasteiger partial charge in [0.05, 0.1) is 7.11 Å². The van der Waals surface area contributed by atoms with Gasteiger partial charge in [-0.1, -0.05) is 60.2 Å². The van der Waals surface area contributed by atoms with Gasteiger partial charge < -0.3 is 14.8 Å². The number of hydrogen-bond acceptors (Lipinski definition) is 3. The Hall–Kier alpha value is -2.49. The van der Waals surface area contributed by atoms with E-state index in [4.69, 9.17) is 9.47 Å². The molecule has 4 heteroatoms. The van der Waals surface area contributed by atoms with Gasteiger partial charge in [0.15, 0.2) is 0 Å². The normalized spacial score (nSPS) is 10.2. The number of halogens is 1. The Balaban J connectivity index is 0.00000280. The number of methoxy groups -OCH3 is 1. The molecule has 0 aliphatic rings. The topological polar surface area (TPSA) is 30.5 Å². The minimum Gasteiger partial charge on any atom is -0.496 e. The summed E-state index contributed by atoms with van der Waals surface area (Å²) in [5.74, 6) is 1.85. The molecule has 28 heavy (non-hydrogen) atoms. The fourth-order valence-electron chi connectivity index (χ4n) is 2.96. The zero-order valence-electron chi connectivity index (χ0n) is 16.5. The maximum Gasteiger partial charge on any atom is 0.122 e. The molecular formula is C24H28ClNO2. The predicted molar refractivity (Wildman–Crippen MR) is 118 cm³/mol. The van der Waals surface area contributed by atoms with Gasteiger partial charge in [0.25, 0.3) is 0 Å². The second-order valence-corrected chi connectivity index (χ2v) is 6.66. The lowest BCUT2D eigenvalue weighted by atomic mass is 10.1. The van der Waals surface area contributed by atoms with Gasteiger partial charge >= 0.3 is 0 Å². The number of nitrogens with one attached hydrogen (secondary N) is 1. The third-order valence-corrected chi connectivity index (χ3v) is 4.52. The van der Waals surface area contributed by atoms with Crippen LogP contribution in [-0.4, -0.2) is 13.7 Å². The minimum absolute atomic E-state index is 0. The Morgan fingerprint density at radius 1 is 0.857 bits per heavy atom. The van der Waals surface area contributed by atoms with E-state index in [1.807, 2.05) is 30.3 Å². The molecule has 0 heterocycles. The number of hydrogen-bond donors (Lipinski definition) is 1. The highest BCUT2D eigenvalue weighted by Crippen LogP contribution is 2.18. The van der Waals surface area contributed by atoms with Crippen molar-refractivity contribution in [3.63, 3.8) is 0 Å². The van der Waals surface area contributed by atoms with Gasteiger partial charge in [-0.25, -0.2) is 0 Å². The van der Waals surface area contributed by atoms with Gasteiger partial charge in [0, 0.05) is 6.54 Å². The smallest absolute Gasteiger partial charge is 0.122 e. The third-order valence-electron chi connectivity index (χ3n) is 4.52. The van der Waals surface area contributed by atoms with E-state index in [0.717, 1.165) is 31.0 Å². The molecule has 0 amide bonds. The maximum absolute atomic E-state index is 5.93. The van der Waals surface area contributed by atoms with Gasteiger partial charge in [-0.2, -0.15) is 0 Å². The quantitative estimate of drug-likeness (QED) is 0.494. The molecule has 3 aromatic carbocycles. The van der Waals surface area contributed by atoms with Crippen molar-refractivity contribution in [2.75, 3.05) is 13.7 Å². The number of rotatable bonds is 9. The van der Waals surface area contributed by atoms with Crippen LogP contribution in [0, 0.1) is 6.92 Å². The zero-order chi connectivity index (χ0) is 18.9. The summed E-state index contributed by atoms with van der Waals surface area (Å²) in [6.45, 7) is 4.39. The highest BCUT2D eigenvalue weighted by Gasteiger charge is 2.02. The van der Waals surface area contributed by atoms with Gasteiger partial charge in [0.1, 0.15) is 18.1 Å². The summed E-state index contributed by atoms with van der Waals surface area (Å²) in [6, 6.07) is 24.9. The Morgan fingerprint density at radius 3 is 2.43 bits per heavy atom. The maximum atomic E-state index is 5.93. The van der Waals surface area contributed by atoms with Gasteiger partial charge in [0.2, 0.25) is 0 Å². The Labute approximate surface area is 174 Å². The number of benzene rings is 3. The Morgan fingerprint density at radius 2 is 1.64 bits per heavy atom. The molecule has 0 spiro atoms. The predicted octanol–water partition coefficient (Wildman–Crippen LogP) is 5.34. The zero-order valence-corrected chi connectivity index (χ0v) is 17.3. The van der Waals surface area contributed by atoms with E-state index in [-0.39, 0.29) is 12.4 Å². The molecule has 0 atom stereocenters. The van der Waals surface area contributed by atoms with Crippen LogP contribution in [0.5, 0.6) is 11.5 Å². The molecule has 3 aromatic rings. The molecular weight excluding hydrogens is 370 g/mol. The molecule has 148 valence electrons. The molecule has 3 rings (SSSR count). The first-order valence-corrected chi connectivity index (χ1v) is 9.34. The molecule has 0 bridgehead atoms. The first-order valence-electron chi connectivity index (χ1n) is 9.34. The van der Waals surface area contributed by atoms with Crippen molar-refractivity contribution in [1.29, 1.82) is 0 Å². The molecule has 0 unspecified atom stereocenters. The molecule has 3 nitrogen and oxygen atoms in total. The van der Waals surface area contributed by atoms with Crippen LogP contribution in [-0.2, 0) is 19.6 Å². The first-order chi connectivity index (χ1) is 13.2. The van der Waals surface area contributed by atoms with E-state index in [1.54, 1.807) is 7.11 Å². The molecule has 0 saturated carbocycles. The lowest BCUT2D eigenvalue weighted by Gasteiger charge is -2.10. The van der Waals surface area contributed by atoms with Gasteiger partial charge in [-0.15, -0.1) is 12.4 Å². The molecule has 0 fully saturated rings. The van der Waals surface area contributed by atoms with E-state index < -0.39 is 0 Å². The molecule has 0 aliphatic carbocycles. The van der Waals surface area contributed by atoms with Crippen LogP contribution >= 0.6 is 12.4 Å². The van der Waals surface area contributed by atoms with Crippen LogP contribution in [0.25, 0.3) is 0 Å². The van der Waals surface area contributed by atoms with Crippen molar-refractivity contribution in [3.05, 3.63) is 95.1 Å². The summed E-state index contributed by atoms with van der Waals surface area (Å²) in [4.78, 5) is 0. The molecule has 0 aromatic heterocycles. The molecule has 0 saturated heterocycles. The molecule has 0 radical (unpaired) electrons.